The van der Waals surface area contributed by atoms with Gasteiger partial charge in [0.2, 0.25) is 0 Å². The molecule has 0 unspecified atom stereocenters. The Labute approximate surface area is 222 Å². The van der Waals surface area contributed by atoms with Gasteiger partial charge in [-0.15, -0.1) is 0 Å². The lowest BCUT2D eigenvalue weighted by Gasteiger charge is -2.59. The van der Waals surface area contributed by atoms with Crippen LogP contribution in [0.5, 0.6) is 0 Å². The zero-order valence-corrected chi connectivity index (χ0v) is 22.5. The standard InChI is InChI=1S/C28H40N2O8/c1-16(31)28(37)13-10-21-19-5-4-17-14-18(8-11-26(17,2)20(19)9-12-27(21,28)3)30-38-15-23(32)29-22(25(35)36)6-7-24(33)34/h14,19-22,37H,4-13,15H2,1-3H3,(H,29,32)(H,33,34)(H,35,36)/b30-18-/t19-,20+,21+,22-,26+,27+,28+/m1/s1. The summed E-state index contributed by atoms with van der Waals surface area (Å²) in [4.78, 5) is 51.7. The van der Waals surface area contributed by atoms with Gasteiger partial charge in [0.1, 0.15) is 11.6 Å². The van der Waals surface area contributed by atoms with Gasteiger partial charge in [0.05, 0.1) is 5.71 Å². The van der Waals surface area contributed by atoms with Crippen LogP contribution in [0.15, 0.2) is 16.8 Å². The van der Waals surface area contributed by atoms with Crippen LogP contribution in [0.3, 0.4) is 0 Å². The van der Waals surface area contributed by atoms with E-state index >= 15 is 0 Å². The maximum atomic E-state index is 12.4. The van der Waals surface area contributed by atoms with Crippen molar-refractivity contribution in [1.29, 1.82) is 0 Å². The second kappa shape index (κ2) is 10.4. The van der Waals surface area contributed by atoms with Crippen molar-refractivity contribution in [2.75, 3.05) is 6.61 Å². The first kappa shape index (κ1) is 28.3. The maximum Gasteiger partial charge on any atom is 0.326 e. The van der Waals surface area contributed by atoms with E-state index in [2.05, 4.69) is 30.4 Å². The maximum absolute atomic E-state index is 12.4. The van der Waals surface area contributed by atoms with E-state index in [0.717, 1.165) is 44.2 Å². The van der Waals surface area contributed by atoms with Gasteiger partial charge in [-0.2, -0.15) is 0 Å². The number of nitrogens with zero attached hydrogens (tertiary/aromatic N) is 1. The molecule has 3 saturated carbocycles. The molecule has 0 heterocycles. The quantitative estimate of drug-likeness (QED) is 0.329. The number of oxime groups is 1. The average molecular weight is 533 g/mol. The van der Waals surface area contributed by atoms with Crippen molar-refractivity contribution in [1.82, 2.24) is 5.32 Å². The molecule has 210 valence electrons. The smallest absolute Gasteiger partial charge is 0.326 e. The Kier molecular flexibility index (Phi) is 7.76. The molecule has 0 spiro atoms. The molecule has 4 aliphatic rings. The van der Waals surface area contributed by atoms with Crippen LogP contribution in [-0.2, 0) is 24.0 Å². The third-order valence-corrected chi connectivity index (χ3v) is 10.4. The summed E-state index contributed by atoms with van der Waals surface area (Å²) in [5.74, 6) is -1.90. The molecule has 7 atom stereocenters. The fourth-order valence-corrected chi connectivity index (χ4v) is 8.17. The first-order valence-corrected chi connectivity index (χ1v) is 13.7. The van der Waals surface area contributed by atoms with Gasteiger partial charge in [0, 0.05) is 11.8 Å². The van der Waals surface area contributed by atoms with Crippen molar-refractivity contribution in [2.45, 2.75) is 96.6 Å². The van der Waals surface area contributed by atoms with E-state index in [1.54, 1.807) is 0 Å². The molecule has 38 heavy (non-hydrogen) atoms. The van der Waals surface area contributed by atoms with Crippen LogP contribution in [0, 0.1) is 28.6 Å². The van der Waals surface area contributed by atoms with Crippen LogP contribution in [0.25, 0.3) is 0 Å². The summed E-state index contributed by atoms with van der Waals surface area (Å²) in [5.41, 5.74) is 0.532. The summed E-state index contributed by atoms with van der Waals surface area (Å²) in [6, 6.07) is -1.30. The summed E-state index contributed by atoms with van der Waals surface area (Å²) in [6.07, 6.45) is 8.32. The van der Waals surface area contributed by atoms with Crippen molar-refractivity contribution in [3.8, 4) is 0 Å². The number of rotatable bonds is 9. The number of allylic oxidation sites excluding steroid dienone is 2. The summed E-state index contributed by atoms with van der Waals surface area (Å²) >= 11 is 0. The highest BCUT2D eigenvalue weighted by atomic mass is 16.6. The molecule has 10 heteroatoms. The zero-order chi connectivity index (χ0) is 27.9. The predicted octanol–water partition coefficient (Wildman–Crippen LogP) is 3.08. The SMILES string of the molecule is CC(=O)[C@@]1(O)CC[C@H]2[C@@H]3CCC4=C/C(=N\OCC(=O)N[C@H](CCC(=O)O)C(=O)O)CC[C@]4(C)[C@H]3CC[C@@]21C. The number of carboxylic acids is 2. The van der Waals surface area contributed by atoms with Crippen molar-refractivity contribution >= 4 is 29.3 Å². The lowest BCUT2D eigenvalue weighted by Crippen LogP contribution is -2.57. The number of Topliss-reactive ketones (excluding diaryl/α,β-unsaturated/α-hetero) is 1. The number of carboxylic acid groups (broad SMARTS) is 2. The highest BCUT2D eigenvalue weighted by molar-refractivity contribution is 5.96. The van der Waals surface area contributed by atoms with Crippen LogP contribution in [-0.4, -0.2) is 62.9 Å². The minimum atomic E-state index is -1.30. The molecule has 0 saturated heterocycles. The Morgan fingerprint density at radius 2 is 1.79 bits per heavy atom. The number of nitrogens with one attached hydrogen (secondary N) is 1. The number of carbonyl (C=O) groups is 4. The molecular weight excluding hydrogens is 492 g/mol. The molecule has 10 nitrogen and oxygen atoms in total. The average Bonchev–Trinajstić information content (AvgIpc) is 3.13. The first-order valence-electron chi connectivity index (χ1n) is 13.7. The normalized spacial score (nSPS) is 37.7. The molecule has 0 aliphatic heterocycles. The molecule has 0 radical (unpaired) electrons. The predicted molar refractivity (Wildman–Crippen MR) is 137 cm³/mol. The minimum Gasteiger partial charge on any atom is -0.481 e. The van der Waals surface area contributed by atoms with Crippen molar-refractivity contribution in [3.05, 3.63) is 11.6 Å². The van der Waals surface area contributed by atoms with E-state index in [4.69, 9.17) is 9.94 Å². The molecular formula is C28H40N2O8. The molecule has 0 aromatic carbocycles. The number of hydrogen-bond donors (Lipinski definition) is 4. The molecule has 0 aromatic heterocycles. The van der Waals surface area contributed by atoms with Gasteiger partial charge in [0.25, 0.3) is 5.91 Å². The van der Waals surface area contributed by atoms with Gasteiger partial charge in [-0.05, 0) is 94.0 Å². The van der Waals surface area contributed by atoms with Crippen molar-refractivity contribution in [2.24, 2.45) is 33.7 Å². The summed E-state index contributed by atoms with van der Waals surface area (Å²) in [6.45, 7) is 5.53. The van der Waals surface area contributed by atoms with E-state index < -0.39 is 36.1 Å². The highest BCUT2D eigenvalue weighted by Gasteiger charge is 2.65. The third kappa shape index (κ3) is 4.87. The molecule has 0 bridgehead atoms. The van der Waals surface area contributed by atoms with Crippen molar-refractivity contribution in [3.63, 3.8) is 0 Å². The van der Waals surface area contributed by atoms with E-state index in [-0.39, 0.29) is 29.5 Å². The number of ketones is 1. The van der Waals surface area contributed by atoms with Gasteiger partial charge in [-0.25, -0.2) is 4.79 Å². The summed E-state index contributed by atoms with van der Waals surface area (Å²) in [5, 5.41) is 35.7. The first-order chi connectivity index (χ1) is 17.8. The third-order valence-electron chi connectivity index (χ3n) is 10.4. The Morgan fingerprint density at radius 3 is 2.45 bits per heavy atom. The monoisotopic (exact) mass is 532 g/mol. The Bertz CT molecular complexity index is 1070. The summed E-state index contributed by atoms with van der Waals surface area (Å²) in [7, 11) is 0. The number of aliphatic hydroxyl groups is 1. The topological polar surface area (TPSA) is 163 Å². The molecule has 0 aromatic rings. The van der Waals surface area contributed by atoms with Crippen LogP contribution in [0.4, 0.5) is 0 Å². The number of amides is 1. The Morgan fingerprint density at radius 1 is 1.08 bits per heavy atom. The van der Waals surface area contributed by atoms with E-state index in [1.807, 2.05) is 0 Å². The second-order valence-electron chi connectivity index (χ2n) is 12.2. The van der Waals surface area contributed by atoms with Crippen LogP contribution in [0.1, 0.15) is 85.0 Å². The number of fused-ring (bicyclic) bond motifs is 5. The molecule has 4 N–H and O–H groups in total. The Hall–Kier alpha value is -2.75. The lowest BCUT2D eigenvalue weighted by molar-refractivity contribution is -0.159. The van der Waals surface area contributed by atoms with Gasteiger partial charge in [-0.3, -0.25) is 14.4 Å². The molecule has 1 amide bonds. The van der Waals surface area contributed by atoms with Crippen LogP contribution >= 0.6 is 0 Å². The zero-order valence-electron chi connectivity index (χ0n) is 22.5. The fourth-order valence-electron chi connectivity index (χ4n) is 8.17. The highest BCUT2D eigenvalue weighted by Crippen LogP contribution is 2.67. The number of carbonyl (C=O) groups excluding carboxylic acids is 2. The second-order valence-corrected chi connectivity index (χ2v) is 12.2. The Balaban J connectivity index is 1.38. The number of aliphatic carboxylic acids is 2. The lowest BCUT2D eigenvalue weighted by atomic mass is 9.46. The fraction of sp³-hybridized carbons (Fsp3) is 0.750. The minimum absolute atomic E-state index is 0.0242. The molecule has 3 fully saturated rings. The van der Waals surface area contributed by atoms with E-state index in [1.165, 1.54) is 12.5 Å². The van der Waals surface area contributed by atoms with E-state index in [0.29, 0.717) is 30.6 Å². The number of hydrogen-bond acceptors (Lipinski definition) is 7. The largest absolute Gasteiger partial charge is 0.481 e. The van der Waals surface area contributed by atoms with Gasteiger partial charge in [0.15, 0.2) is 12.4 Å². The van der Waals surface area contributed by atoms with E-state index in [9.17, 15) is 29.4 Å². The summed E-state index contributed by atoms with van der Waals surface area (Å²) < 4.78 is 0. The molecule has 4 rings (SSSR count). The van der Waals surface area contributed by atoms with Crippen molar-refractivity contribution < 1.29 is 39.3 Å². The van der Waals surface area contributed by atoms with Gasteiger partial charge >= 0.3 is 11.9 Å². The van der Waals surface area contributed by atoms with Gasteiger partial charge in [-0.1, -0.05) is 24.6 Å². The van der Waals surface area contributed by atoms with Crippen LogP contribution < -0.4 is 5.32 Å². The molecule has 4 aliphatic carbocycles. The van der Waals surface area contributed by atoms with Gasteiger partial charge < -0.3 is 25.5 Å². The van der Waals surface area contributed by atoms with Crippen LogP contribution in [0.2, 0.25) is 0 Å².